The molecule has 2 unspecified atom stereocenters. The first-order valence-electron chi connectivity index (χ1n) is 7.84. The van der Waals surface area contributed by atoms with Crippen LogP contribution in [-0.2, 0) is 6.54 Å². The predicted molar refractivity (Wildman–Crippen MR) is 80.2 cm³/mol. The zero-order valence-corrected chi connectivity index (χ0v) is 12.0. The van der Waals surface area contributed by atoms with Crippen LogP contribution in [-0.4, -0.2) is 30.1 Å². The number of likely N-dealkylation sites (tertiary alicyclic amines) is 1. The summed E-state index contributed by atoms with van der Waals surface area (Å²) in [4.78, 5) is 2.60. The SMILES string of the molecule is N#Cc1ccccc1CN1CCCCC1C1CCCN1. The molecule has 0 aliphatic carbocycles. The van der Waals surface area contributed by atoms with E-state index in [9.17, 15) is 5.26 Å². The zero-order chi connectivity index (χ0) is 13.8. The summed E-state index contributed by atoms with van der Waals surface area (Å²) in [6.45, 7) is 3.26. The molecule has 2 atom stereocenters. The minimum atomic E-state index is 0.651. The summed E-state index contributed by atoms with van der Waals surface area (Å²) in [5, 5.41) is 12.9. The molecule has 0 aromatic heterocycles. The van der Waals surface area contributed by atoms with Crippen molar-refractivity contribution in [3.63, 3.8) is 0 Å². The Balaban J connectivity index is 1.75. The van der Waals surface area contributed by atoms with Crippen molar-refractivity contribution in [3.05, 3.63) is 35.4 Å². The van der Waals surface area contributed by atoms with Crippen LogP contribution in [0, 0.1) is 11.3 Å². The molecule has 3 nitrogen and oxygen atoms in total. The Morgan fingerprint density at radius 3 is 2.90 bits per heavy atom. The largest absolute Gasteiger partial charge is 0.312 e. The minimum absolute atomic E-state index is 0.651. The van der Waals surface area contributed by atoms with Crippen molar-refractivity contribution in [1.29, 1.82) is 5.26 Å². The molecule has 3 rings (SSSR count). The van der Waals surface area contributed by atoms with Gasteiger partial charge in [-0.3, -0.25) is 4.90 Å². The van der Waals surface area contributed by atoms with Gasteiger partial charge in [0.15, 0.2) is 0 Å². The van der Waals surface area contributed by atoms with Crippen LogP contribution in [0.3, 0.4) is 0 Å². The van der Waals surface area contributed by atoms with Gasteiger partial charge in [0.05, 0.1) is 11.6 Å². The van der Waals surface area contributed by atoms with E-state index in [4.69, 9.17) is 0 Å². The Morgan fingerprint density at radius 2 is 2.10 bits per heavy atom. The van der Waals surface area contributed by atoms with E-state index < -0.39 is 0 Å². The van der Waals surface area contributed by atoms with E-state index in [1.54, 1.807) is 0 Å². The summed E-state index contributed by atoms with van der Waals surface area (Å²) in [5.74, 6) is 0. The highest BCUT2D eigenvalue weighted by atomic mass is 15.2. The minimum Gasteiger partial charge on any atom is -0.312 e. The number of hydrogen-bond acceptors (Lipinski definition) is 3. The van der Waals surface area contributed by atoms with Gasteiger partial charge in [0.25, 0.3) is 0 Å². The third kappa shape index (κ3) is 2.87. The fraction of sp³-hybridized carbons (Fsp3) is 0.588. The Morgan fingerprint density at radius 1 is 1.20 bits per heavy atom. The summed E-state index contributed by atoms with van der Waals surface area (Å²) >= 11 is 0. The standard InChI is InChI=1S/C17H23N3/c18-12-14-6-1-2-7-15(14)13-20-11-4-3-9-17(20)16-8-5-10-19-16/h1-2,6-7,16-17,19H,3-5,8-11,13H2. The molecule has 2 aliphatic rings. The molecule has 0 saturated carbocycles. The highest BCUT2D eigenvalue weighted by Crippen LogP contribution is 2.26. The van der Waals surface area contributed by atoms with Gasteiger partial charge in [-0.2, -0.15) is 5.26 Å². The maximum atomic E-state index is 9.24. The van der Waals surface area contributed by atoms with Gasteiger partial charge in [-0.15, -0.1) is 0 Å². The molecule has 0 bridgehead atoms. The fourth-order valence-electron chi connectivity index (χ4n) is 3.69. The summed E-state index contributed by atoms with van der Waals surface area (Å²) in [5.41, 5.74) is 2.01. The molecule has 2 saturated heterocycles. The van der Waals surface area contributed by atoms with Crippen LogP contribution < -0.4 is 5.32 Å². The Labute approximate surface area is 121 Å². The number of piperidine rings is 1. The normalized spacial score (nSPS) is 27.4. The number of rotatable bonds is 3. The maximum Gasteiger partial charge on any atom is 0.0995 e. The first-order chi connectivity index (χ1) is 9.88. The van der Waals surface area contributed by atoms with Crippen molar-refractivity contribution in [2.24, 2.45) is 0 Å². The average Bonchev–Trinajstić information content (AvgIpc) is 3.02. The van der Waals surface area contributed by atoms with Crippen LogP contribution in [0.1, 0.15) is 43.2 Å². The van der Waals surface area contributed by atoms with Crippen molar-refractivity contribution >= 4 is 0 Å². The first-order valence-corrected chi connectivity index (χ1v) is 7.84. The molecule has 1 aromatic rings. The van der Waals surface area contributed by atoms with Gasteiger partial charge in [-0.05, 0) is 50.4 Å². The van der Waals surface area contributed by atoms with Crippen molar-refractivity contribution in [2.75, 3.05) is 13.1 Å². The van der Waals surface area contributed by atoms with Gasteiger partial charge in [-0.25, -0.2) is 0 Å². The predicted octanol–water partition coefficient (Wildman–Crippen LogP) is 2.66. The summed E-state index contributed by atoms with van der Waals surface area (Å²) in [6, 6.07) is 11.7. The van der Waals surface area contributed by atoms with Crippen LogP contribution in [0.15, 0.2) is 24.3 Å². The van der Waals surface area contributed by atoms with Crippen LogP contribution in [0.4, 0.5) is 0 Å². The van der Waals surface area contributed by atoms with E-state index in [0.29, 0.717) is 12.1 Å². The highest BCUT2D eigenvalue weighted by Gasteiger charge is 2.31. The van der Waals surface area contributed by atoms with Gasteiger partial charge < -0.3 is 5.32 Å². The molecular weight excluding hydrogens is 246 g/mol. The molecular formula is C17H23N3. The number of nitrogens with zero attached hydrogens (tertiary/aromatic N) is 2. The lowest BCUT2D eigenvalue weighted by Gasteiger charge is -2.39. The maximum absolute atomic E-state index is 9.24. The smallest absolute Gasteiger partial charge is 0.0995 e. The Hall–Kier alpha value is -1.37. The molecule has 2 fully saturated rings. The molecule has 106 valence electrons. The Kier molecular flexibility index (Phi) is 4.34. The second-order valence-electron chi connectivity index (χ2n) is 6.01. The lowest BCUT2D eigenvalue weighted by Crippen LogP contribution is -2.49. The lowest BCUT2D eigenvalue weighted by molar-refractivity contribution is 0.112. The van der Waals surface area contributed by atoms with Crippen molar-refractivity contribution in [1.82, 2.24) is 10.2 Å². The van der Waals surface area contributed by atoms with Gasteiger partial charge in [0, 0.05) is 18.6 Å². The summed E-state index contributed by atoms with van der Waals surface area (Å²) in [6.07, 6.45) is 6.55. The number of hydrogen-bond donors (Lipinski definition) is 1. The molecule has 2 aliphatic heterocycles. The molecule has 1 N–H and O–H groups in total. The summed E-state index contributed by atoms with van der Waals surface area (Å²) in [7, 11) is 0. The quantitative estimate of drug-likeness (QED) is 0.917. The van der Waals surface area contributed by atoms with E-state index >= 15 is 0 Å². The number of nitriles is 1. The Bertz CT molecular complexity index is 485. The van der Waals surface area contributed by atoms with E-state index in [1.165, 1.54) is 50.8 Å². The molecule has 2 heterocycles. The van der Waals surface area contributed by atoms with Crippen LogP contribution >= 0.6 is 0 Å². The lowest BCUT2D eigenvalue weighted by atomic mass is 9.93. The summed E-state index contributed by atoms with van der Waals surface area (Å²) < 4.78 is 0. The monoisotopic (exact) mass is 269 g/mol. The van der Waals surface area contributed by atoms with E-state index in [1.807, 2.05) is 18.2 Å². The molecule has 1 aromatic carbocycles. The fourth-order valence-corrected chi connectivity index (χ4v) is 3.69. The molecule has 3 heteroatoms. The second kappa shape index (κ2) is 6.39. The van der Waals surface area contributed by atoms with Crippen LogP contribution in [0.2, 0.25) is 0 Å². The average molecular weight is 269 g/mol. The third-order valence-electron chi connectivity index (χ3n) is 4.74. The third-order valence-corrected chi connectivity index (χ3v) is 4.74. The van der Waals surface area contributed by atoms with Gasteiger partial charge >= 0.3 is 0 Å². The van der Waals surface area contributed by atoms with Gasteiger partial charge in [-0.1, -0.05) is 24.6 Å². The topological polar surface area (TPSA) is 39.1 Å². The van der Waals surface area contributed by atoms with E-state index in [-0.39, 0.29) is 0 Å². The van der Waals surface area contributed by atoms with Crippen molar-refractivity contribution < 1.29 is 0 Å². The van der Waals surface area contributed by atoms with Crippen molar-refractivity contribution in [3.8, 4) is 6.07 Å². The van der Waals surface area contributed by atoms with E-state index in [2.05, 4.69) is 22.4 Å². The first kappa shape index (κ1) is 13.6. The molecule has 0 amide bonds. The van der Waals surface area contributed by atoms with Gasteiger partial charge in [0.2, 0.25) is 0 Å². The number of nitrogens with one attached hydrogen (secondary N) is 1. The molecule has 20 heavy (non-hydrogen) atoms. The van der Waals surface area contributed by atoms with Gasteiger partial charge in [0.1, 0.15) is 0 Å². The second-order valence-corrected chi connectivity index (χ2v) is 6.01. The molecule has 0 spiro atoms. The highest BCUT2D eigenvalue weighted by molar-refractivity contribution is 5.37. The molecule has 0 radical (unpaired) electrons. The van der Waals surface area contributed by atoms with E-state index in [0.717, 1.165) is 12.1 Å². The van der Waals surface area contributed by atoms with Crippen molar-refractivity contribution in [2.45, 2.75) is 50.7 Å². The van der Waals surface area contributed by atoms with Crippen LogP contribution in [0.25, 0.3) is 0 Å². The number of benzene rings is 1. The zero-order valence-electron chi connectivity index (χ0n) is 12.0. The van der Waals surface area contributed by atoms with Crippen LogP contribution in [0.5, 0.6) is 0 Å².